The van der Waals surface area contributed by atoms with Crippen LogP contribution in [0, 0.1) is 6.92 Å². The van der Waals surface area contributed by atoms with Crippen molar-refractivity contribution in [2.75, 3.05) is 9.80 Å². The molecular formula is C64H55BN2. The number of benzene rings is 9. The third-order valence-electron chi connectivity index (χ3n) is 14.9. The van der Waals surface area contributed by atoms with Crippen LogP contribution in [0.2, 0.25) is 0 Å². The van der Waals surface area contributed by atoms with Crippen molar-refractivity contribution in [1.82, 2.24) is 0 Å². The Hall–Kier alpha value is -7.36. The van der Waals surface area contributed by atoms with Crippen LogP contribution in [-0.2, 0) is 16.2 Å². The van der Waals surface area contributed by atoms with E-state index in [4.69, 9.17) is 0 Å². The molecule has 0 amide bonds. The first-order valence-electron chi connectivity index (χ1n) is 24.0. The van der Waals surface area contributed by atoms with Crippen LogP contribution in [0.25, 0.3) is 22.3 Å². The minimum absolute atomic E-state index is 0.0147. The number of nitrogens with zero attached hydrogens (tertiary/aromatic N) is 2. The molecule has 0 saturated carbocycles. The summed E-state index contributed by atoms with van der Waals surface area (Å²) in [5, 5.41) is 0. The second-order valence-electron chi connectivity index (χ2n) is 21.0. The molecule has 0 atom stereocenters. The van der Waals surface area contributed by atoms with Gasteiger partial charge in [-0.05, 0) is 133 Å². The van der Waals surface area contributed by atoms with Crippen molar-refractivity contribution in [2.45, 2.75) is 64.7 Å². The van der Waals surface area contributed by atoms with E-state index in [-0.39, 0.29) is 17.5 Å². The molecule has 0 N–H and O–H groups in total. The number of hydrogen-bond donors (Lipinski definition) is 0. The SMILES string of the molecule is Cc1cc2c3c(c1)N(c1ccc(C(C)(C)C)cc1-c1ccccc1)c1cccc4c1B3c1c(cccc1C4(c1ccccc1)c1ccccc1)N2c1ccc(C(C)(C)C)cc1-c1ccccc1. The summed E-state index contributed by atoms with van der Waals surface area (Å²) >= 11 is 0. The fraction of sp³-hybridized carbons (Fsp3) is 0.156. The molecule has 0 saturated heterocycles. The molecule has 0 unspecified atom stereocenters. The van der Waals surface area contributed by atoms with E-state index in [1.165, 1.54) is 112 Å². The fourth-order valence-electron chi connectivity index (χ4n) is 11.8. The van der Waals surface area contributed by atoms with Crippen molar-refractivity contribution in [3.8, 4) is 22.3 Å². The molecule has 9 aromatic rings. The van der Waals surface area contributed by atoms with E-state index in [9.17, 15) is 0 Å². The molecule has 0 fully saturated rings. The molecule has 12 rings (SSSR count). The molecule has 0 aliphatic carbocycles. The van der Waals surface area contributed by atoms with Crippen LogP contribution in [0.1, 0.15) is 80.5 Å². The second kappa shape index (κ2) is 15.1. The van der Waals surface area contributed by atoms with Crippen LogP contribution in [0.5, 0.6) is 0 Å². The summed E-state index contributed by atoms with van der Waals surface area (Å²) in [6.45, 7) is 16.2. The van der Waals surface area contributed by atoms with Gasteiger partial charge in [0, 0.05) is 33.9 Å². The maximum Gasteiger partial charge on any atom is 0.253 e. The third-order valence-corrected chi connectivity index (χ3v) is 14.9. The predicted octanol–water partition coefficient (Wildman–Crippen LogP) is 14.7. The number of aryl methyl sites for hydroxylation is 1. The zero-order chi connectivity index (χ0) is 45.8. The van der Waals surface area contributed by atoms with Crippen molar-refractivity contribution in [3.05, 3.63) is 245 Å². The molecule has 0 spiro atoms. The lowest BCUT2D eigenvalue weighted by Gasteiger charge is -2.52. The van der Waals surface area contributed by atoms with Crippen LogP contribution in [-0.4, -0.2) is 6.71 Å². The van der Waals surface area contributed by atoms with E-state index in [1.54, 1.807) is 0 Å². The maximum absolute atomic E-state index is 2.63. The lowest BCUT2D eigenvalue weighted by Crippen LogP contribution is -2.68. The standard InChI is InChI=1S/C64H55BN2/c1-42-38-57-61-58(39-42)67(54-37-35-48(63(5,6)7)41-50(54)44-24-14-9-15-25-44)56-33-21-31-52-60(56)65(61)59-51(64(52,45-26-16-10-17-27-45)46-28-18-11-19-29-46)30-20-32-55(59)66(57)53-36-34-47(62(2,3)4)40-49(53)43-22-12-8-13-23-43/h8-41H,1-7H3. The highest BCUT2D eigenvalue weighted by Crippen LogP contribution is 2.55. The Bertz CT molecular complexity index is 3160. The lowest BCUT2D eigenvalue weighted by atomic mass is 9.28. The topological polar surface area (TPSA) is 6.48 Å². The Morgan fingerprint density at radius 2 is 0.746 bits per heavy atom. The molecule has 67 heavy (non-hydrogen) atoms. The van der Waals surface area contributed by atoms with Crippen molar-refractivity contribution < 1.29 is 0 Å². The molecule has 0 bridgehead atoms. The van der Waals surface area contributed by atoms with Crippen molar-refractivity contribution >= 4 is 57.2 Å². The molecule has 3 heteroatoms. The molecule has 324 valence electrons. The van der Waals surface area contributed by atoms with Gasteiger partial charge in [-0.2, -0.15) is 0 Å². The van der Waals surface area contributed by atoms with Crippen LogP contribution in [0.4, 0.5) is 34.1 Å². The minimum Gasteiger partial charge on any atom is -0.311 e. The number of hydrogen-bond acceptors (Lipinski definition) is 2. The smallest absolute Gasteiger partial charge is 0.253 e. The first-order valence-corrected chi connectivity index (χ1v) is 24.0. The van der Waals surface area contributed by atoms with Crippen molar-refractivity contribution in [3.63, 3.8) is 0 Å². The zero-order valence-electron chi connectivity index (χ0n) is 39.6. The van der Waals surface area contributed by atoms with E-state index in [0.29, 0.717) is 0 Å². The number of anilines is 6. The largest absolute Gasteiger partial charge is 0.311 e. The first-order chi connectivity index (χ1) is 32.4. The molecule has 0 radical (unpaired) electrons. The van der Waals surface area contributed by atoms with Gasteiger partial charge in [0.2, 0.25) is 0 Å². The zero-order valence-corrected chi connectivity index (χ0v) is 39.6. The van der Waals surface area contributed by atoms with E-state index in [0.717, 1.165) is 0 Å². The lowest BCUT2D eigenvalue weighted by molar-refractivity contribution is 0.590. The van der Waals surface area contributed by atoms with Gasteiger partial charge in [0.05, 0.1) is 16.8 Å². The molecule has 3 aliphatic rings. The molecule has 3 aliphatic heterocycles. The van der Waals surface area contributed by atoms with Crippen LogP contribution >= 0.6 is 0 Å². The highest BCUT2D eigenvalue weighted by atomic mass is 15.2. The van der Waals surface area contributed by atoms with Crippen LogP contribution < -0.4 is 26.2 Å². The van der Waals surface area contributed by atoms with Gasteiger partial charge in [0.1, 0.15) is 0 Å². The summed E-state index contributed by atoms with van der Waals surface area (Å²) < 4.78 is 0. The van der Waals surface area contributed by atoms with Gasteiger partial charge in [-0.15, -0.1) is 0 Å². The number of rotatable bonds is 6. The maximum atomic E-state index is 2.63. The third kappa shape index (κ3) is 6.17. The van der Waals surface area contributed by atoms with Crippen LogP contribution in [0.3, 0.4) is 0 Å². The minimum atomic E-state index is -0.622. The van der Waals surface area contributed by atoms with Crippen molar-refractivity contribution in [2.24, 2.45) is 0 Å². The van der Waals surface area contributed by atoms with Gasteiger partial charge in [0.25, 0.3) is 6.71 Å². The average molecular weight is 863 g/mol. The van der Waals surface area contributed by atoms with Gasteiger partial charge >= 0.3 is 0 Å². The summed E-state index contributed by atoms with van der Waals surface area (Å²) in [6.07, 6.45) is 0. The van der Waals surface area contributed by atoms with Gasteiger partial charge < -0.3 is 9.80 Å². The first kappa shape index (κ1) is 41.1. The van der Waals surface area contributed by atoms with Gasteiger partial charge in [-0.1, -0.05) is 199 Å². The van der Waals surface area contributed by atoms with Crippen molar-refractivity contribution in [1.29, 1.82) is 0 Å². The van der Waals surface area contributed by atoms with E-state index in [2.05, 4.69) is 265 Å². The van der Waals surface area contributed by atoms with Gasteiger partial charge in [0.15, 0.2) is 0 Å². The van der Waals surface area contributed by atoms with E-state index < -0.39 is 5.41 Å². The molecular weight excluding hydrogens is 808 g/mol. The summed E-state index contributed by atoms with van der Waals surface area (Å²) in [7, 11) is 0. The Morgan fingerprint density at radius 3 is 1.13 bits per heavy atom. The van der Waals surface area contributed by atoms with Gasteiger partial charge in [-0.3, -0.25) is 0 Å². The Morgan fingerprint density at radius 1 is 0.358 bits per heavy atom. The van der Waals surface area contributed by atoms with Crippen LogP contribution in [0.15, 0.2) is 206 Å². The molecule has 3 heterocycles. The molecule has 0 aromatic heterocycles. The Labute approximate surface area is 397 Å². The highest BCUT2D eigenvalue weighted by Gasteiger charge is 2.55. The van der Waals surface area contributed by atoms with E-state index in [1.807, 2.05) is 0 Å². The average Bonchev–Trinajstić information content (AvgIpc) is 3.34. The normalized spacial score (nSPS) is 14.2. The highest BCUT2D eigenvalue weighted by molar-refractivity contribution is 7.01. The summed E-state index contributed by atoms with van der Waals surface area (Å²) in [6, 6.07) is 78.3. The second-order valence-corrected chi connectivity index (χ2v) is 21.0. The summed E-state index contributed by atoms with van der Waals surface area (Å²) in [5.41, 5.74) is 24.6. The van der Waals surface area contributed by atoms with E-state index >= 15 is 0 Å². The Kier molecular flexibility index (Phi) is 9.26. The van der Waals surface area contributed by atoms with Gasteiger partial charge in [-0.25, -0.2) is 0 Å². The summed E-state index contributed by atoms with van der Waals surface area (Å²) in [4.78, 5) is 5.27. The quantitative estimate of drug-likeness (QED) is 0.154. The fourth-order valence-corrected chi connectivity index (χ4v) is 11.8. The monoisotopic (exact) mass is 862 g/mol. The molecule has 2 nitrogen and oxygen atoms in total. The molecule has 9 aromatic carbocycles. The summed E-state index contributed by atoms with van der Waals surface area (Å²) in [5.74, 6) is 0. The Balaban J connectivity index is 1.26. The predicted molar refractivity (Wildman–Crippen MR) is 285 cm³/mol.